The summed E-state index contributed by atoms with van der Waals surface area (Å²) >= 11 is 0. The number of carbonyl (C=O) groups excluding carboxylic acids is 4. The summed E-state index contributed by atoms with van der Waals surface area (Å²) in [5, 5.41) is 21.8. The Balaban J connectivity index is 1.39. The average Bonchev–Trinajstić information content (AvgIpc) is 3.22. The molecular formula is C25H30N2O12. The number of hydrogen-bond acceptors (Lipinski definition) is 11. The van der Waals surface area contributed by atoms with Gasteiger partial charge in [-0.2, -0.15) is 0 Å². The third kappa shape index (κ3) is 9.35. The van der Waals surface area contributed by atoms with Gasteiger partial charge in [0, 0.05) is 56.1 Å². The minimum atomic E-state index is -1.22. The summed E-state index contributed by atoms with van der Waals surface area (Å²) in [4.78, 5) is 57.7. The van der Waals surface area contributed by atoms with E-state index < -0.39 is 36.3 Å². The van der Waals surface area contributed by atoms with Crippen LogP contribution in [-0.4, -0.2) is 96.7 Å². The molecule has 212 valence electrons. The Labute approximate surface area is 223 Å². The molecule has 0 aromatic heterocycles. The Hall–Kier alpha value is -4.01. The van der Waals surface area contributed by atoms with Crippen LogP contribution in [0.25, 0.3) is 0 Å². The van der Waals surface area contributed by atoms with Crippen molar-refractivity contribution in [2.45, 2.75) is 44.4 Å². The number of nitrogens with zero attached hydrogens (tertiary/aromatic N) is 1. The van der Waals surface area contributed by atoms with E-state index in [9.17, 15) is 34.2 Å². The first kappa shape index (κ1) is 29.5. The molecule has 39 heavy (non-hydrogen) atoms. The van der Waals surface area contributed by atoms with Gasteiger partial charge in [0.05, 0.1) is 19.3 Å². The molecule has 1 saturated heterocycles. The molecule has 0 radical (unpaired) electrons. The van der Waals surface area contributed by atoms with Crippen LogP contribution in [-0.2, 0) is 44.8 Å². The van der Waals surface area contributed by atoms with Crippen molar-refractivity contribution in [2.75, 3.05) is 32.9 Å². The van der Waals surface area contributed by atoms with Crippen molar-refractivity contribution in [2.24, 2.45) is 0 Å². The van der Waals surface area contributed by atoms with E-state index in [-0.39, 0.29) is 76.9 Å². The van der Waals surface area contributed by atoms with Crippen LogP contribution in [0.5, 0.6) is 11.5 Å². The summed E-state index contributed by atoms with van der Waals surface area (Å²) in [6.45, 7) is 0.972. The van der Waals surface area contributed by atoms with Crippen molar-refractivity contribution in [3.05, 3.63) is 35.9 Å². The van der Waals surface area contributed by atoms with E-state index in [1.807, 2.05) is 0 Å². The highest BCUT2D eigenvalue weighted by molar-refractivity contribution is 6.13. The van der Waals surface area contributed by atoms with Gasteiger partial charge in [0.1, 0.15) is 24.7 Å². The lowest BCUT2D eigenvalue weighted by Gasteiger charge is -2.31. The Morgan fingerprint density at radius 3 is 2.62 bits per heavy atom. The zero-order valence-electron chi connectivity index (χ0n) is 21.0. The molecule has 3 amide bonds. The number of aliphatic hydroxyl groups is 1. The van der Waals surface area contributed by atoms with Crippen LogP contribution in [0.1, 0.15) is 24.8 Å². The van der Waals surface area contributed by atoms with E-state index in [1.54, 1.807) is 12.1 Å². The van der Waals surface area contributed by atoms with Crippen LogP contribution in [0, 0.1) is 0 Å². The fraction of sp³-hybridized carbons (Fsp3) is 0.480. The van der Waals surface area contributed by atoms with Crippen molar-refractivity contribution >= 4 is 30.2 Å². The van der Waals surface area contributed by atoms with E-state index in [1.165, 1.54) is 6.07 Å². The van der Waals surface area contributed by atoms with Gasteiger partial charge in [0.15, 0.2) is 6.10 Å². The normalized spacial score (nSPS) is 20.5. The van der Waals surface area contributed by atoms with Crippen LogP contribution in [0.2, 0.25) is 0 Å². The molecule has 0 spiro atoms. The fourth-order valence-electron chi connectivity index (χ4n) is 3.75. The van der Waals surface area contributed by atoms with Gasteiger partial charge in [0.2, 0.25) is 12.2 Å². The predicted molar refractivity (Wildman–Crippen MR) is 129 cm³/mol. The maximum atomic E-state index is 11.9. The molecule has 1 aromatic rings. The first-order valence-electron chi connectivity index (χ1n) is 12.2. The molecular weight excluding hydrogens is 520 g/mol. The second kappa shape index (κ2) is 14.8. The number of benzene rings is 1. The highest BCUT2D eigenvalue weighted by Crippen LogP contribution is 2.30. The molecule has 2 aliphatic heterocycles. The minimum absolute atomic E-state index is 0.00452. The SMILES string of the molecule is O=COCc1ccc(OCCOCCNC(=O)CCN2C(=O)C=CC2=O)cc1OC1CC(O)CC(C(=O)O)O1. The smallest absolute Gasteiger partial charge is 0.333 e. The molecule has 3 atom stereocenters. The number of imide groups is 1. The van der Waals surface area contributed by atoms with Gasteiger partial charge >= 0.3 is 5.97 Å². The molecule has 3 unspecified atom stereocenters. The number of amides is 3. The number of aliphatic carboxylic acids is 1. The zero-order chi connectivity index (χ0) is 28.2. The number of carboxylic acid groups (broad SMARTS) is 1. The Bertz CT molecular complexity index is 1060. The van der Waals surface area contributed by atoms with Crippen molar-refractivity contribution in [1.82, 2.24) is 10.2 Å². The van der Waals surface area contributed by atoms with Gasteiger partial charge < -0.3 is 39.2 Å². The molecule has 14 nitrogen and oxygen atoms in total. The van der Waals surface area contributed by atoms with E-state index in [0.29, 0.717) is 11.3 Å². The van der Waals surface area contributed by atoms with Crippen molar-refractivity contribution in [1.29, 1.82) is 0 Å². The lowest BCUT2D eigenvalue weighted by molar-refractivity contribution is -0.195. The molecule has 2 heterocycles. The van der Waals surface area contributed by atoms with Gasteiger partial charge in [0.25, 0.3) is 18.3 Å². The molecule has 14 heteroatoms. The highest BCUT2D eigenvalue weighted by Gasteiger charge is 2.34. The molecule has 0 bridgehead atoms. The summed E-state index contributed by atoms with van der Waals surface area (Å²) in [6, 6.07) is 4.76. The molecule has 3 rings (SSSR count). The van der Waals surface area contributed by atoms with E-state index in [4.69, 9.17) is 23.7 Å². The quantitative estimate of drug-likeness (QED) is 0.136. The van der Waals surface area contributed by atoms with E-state index in [2.05, 4.69) is 5.32 Å². The third-order valence-electron chi connectivity index (χ3n) is 5.67. The van der Waals surface area contributed by atoms with Crippen molar-refractivity contribution in [3.8, 4) is 11.5 Å². The third-order valence-corrected chi connectivity index (χ3v) is 5.67. The Morgan fingerprint density at radius 2 is 1.90 bits per heavy atom. The lowest BCUT2D eigenvalue weighted by atomic mass is 10.1. The maximum absolute atomic E-state index is 11.9. The van der Waals surface area contributed by atoms with E-state index >= 15 is 0 Å². The molecule has 3 N–H and O–H groups in total. The van der Waals surface area contributed by atoms with Crippen LogP contribution in [0.15, 0.2) is 30.4 Å². The first-order chi connectivity index (χ1) is 18.8. The number of nitrogens with one attached hydrogen (secondary N) is 1. The van der Waals surface area contributed by atoms with Gasteiger partial charge in [-0.15, -0.1) is 0 Å². The van der Waals surface area contributed by atoms with Gasteiger partial charge in [-0.25, -0.2) is 4.79 Å². The molecule has 0 saturated carbocycles. The van der Waals surface area contributed by atoms with Crippen molar-refractivity contribution in [3.63, 3.8) is 0 Å². The number of rotatable bonds is 16. The zero-order valence-corrected chi connectivity index (χ0v) is 21.0. The fourth-order valence-corrected chi connectivity index (χ4v) is 3.75. The summed E-state index contributed by atoms with van der Waals surface area (Å²) < 4.78 is 27.1. The van der Waals surface area contributed by atoms with Gasteiger partial charge in [-0.1, -0.05) is 0 Å². The summed E-state index contributed by atoms with van der Waals surface area (Å²) in [6.07, 6.45) is -0.863. The minimum Gasteiger partial charge on any atom is -0.491 e. The second-order valence-electron chi connectivity index (χ2n) is 8.53. The lowest BCUT2D eigenvalue weighted by Crippen LogP contribution is -2.42. The van der Waals surface area contributed by atoms with Crippen LogP contribution in [0.4, 0.5) is 0 Å². The number of carbonyl (C=O) groups is 5. The number of hydrogen-bond donors (Lipinski definition) is 3. The molecule has 1 aromatic carbocycles. The van der Waals surface area contributed by atoms with Crippen LogP contribution < -0.4 is 14.8 Å². The summed E-state index contributed by atoms with van der Waals surface area (Å²) in [7, 11) is 0. The summed E-state index contributed by atoms with van der Waals surface area (Å²) in [5.41, 5.74) is 0.478. The monoisotopic (exact) mass is 550 g/mol. The second-order valence-corrected chi connectivity index (χ2v) is 8.53. The Morgan fingerprint density at radius 1 is 1.13 bits per heavy atom. The van der Waals surface area contributed by atoms with E-state index in [0.717, 1.165) is 17.1 Å². The number of aliphatic hydroxyl groups excluding tert-OH is 1. The number of carboxylic acids is 1. The maximum Gasteiger partial charge on any atom is 0.333 e. The van der Waals surface area contributed by atoms with Crippen molar-refractivity contribution < 1.29 is 57.9 Å². The van der Waals surface area contributed by atoms with Crippen LogP contribution in [0.3, 0.4) is 0 Å². The molecule has 1 fully saturated rings. The largest absolute Gasteiger partial charge is 0.491 e. The number of ether oxygens (including phenoxy) is 5. The molecule has 2 aliphatic rings. The first-order valence-corrected chi connectivity index (χ1v) is 12.2. The molecule has 0 aliphatic carbocycles. The average molecular weight is 551 g/mol. The van der Waals surface area contributed by atoms with Gasteiger partial charge in [-0.05, 0) is 12.1 Å². The van der Waals surface area contributed by atoms with Gasteiger partial charge in [-0.3, -0.25) is 24.1 Å². The highest BCUT2D eigenvalue weighted by atomic mass is 16.7. The van der Waals surface area contributed by atoms with Crippen LogP contribution >= 0.6 is 0 Å². The summed E-state index contributed by atoms with van der Waals surface area (Å²) in [5.74, 6) is -1.79. The Kier molecular flexibility index (Phi) is 11.2. The standard InChI is InChI=1S/C25H30N2O12/c28-15-36-14-16-1-2-18(13-19(16)38-24-12-17(29)11-20(39-24)25(33)34)37-10-9-35-8-6-26-21(30)5-7-27-22(31)3-4-23(27)32/h1-4,13,15,17,20,24,29H,5-12,14H2,(H,26,30)(H,33,34). The predicted octanol–water partition coefficient (Wildman–Crippen LogP) is -0.484. The topological polar surface area (TPSA) is 187 Å².